The molecule has 104 valence electrons. The summed E-state index contributed by atoms with van der Waals surface area (Å²) in [5.74, 6) is 2.63. The molecule has 19 heavy (non-hydrogen) atoms. The van der Waals surface area contributed by atoms with E-state index in [9.17, 15) is 0 Å². The van der Waals surface area contributed by atoms with Gasteiger partial charge in [0.1, 0.15) is 0 Å². The van der Waals surface area contributed by atoms with E-state index in [1.165, 1.54) is 12.0 Å². The molecular formula is C14H20BrN3S. The van der Waals surface area contributed by atoms with E-state index in [1.54, 1.807) is 0 Å². The van der Waals surface area contributed by atoms with Crippen molar-refractivity contribution in [3.05, 3.63) is 34.3 Å². The molecule has 0 saturated heterocycles. The second-order valence-electron chi connectivity index (χ2n) is 4.64. The van der Waals surface area contributed by atoms with Crippen molar-refractivity contribution in [3.8, 4) is 0 Å². The number of thioether (sulfide) groups is 1. The summed E-state index contributed by atoms with van der Waals surface area (Å²) >= 11 is 5.31. The third-order valence-electron chi connectivity index (χ3n) is 3.23. The monoisotopic (exact) mass is 341 g/mol. The topological polar surface area (TPSA) is 36.4 Å². The van der Waals surface area contributed by atoms with E-state index < -0.39 is 0 Å². The van der Waals surface area contributed by atoms with Crippen molar-refractivity contribution in [3.63, 3.8) is 0 Å². The summed E-state index contributed by atoms with van der Waals surface area (Å²) in [6, 6.07) is 9.12. The molecule has 2 rings (SSSR count). The van der Waals surface area contributed by atoms with Crippen LogP contribution in [-0.2, 0) is 0 Å². The first-order chi connectivity index (χ1) is 9.24. The molecule has 1 fully saturated rings. The number of nitrogens with zero attached hydrogens (tertiary/aromatic N) is 1. The van der Waals surface area contributed by atoms with Crippen LogP contribution in [-0.4, -0.2) is 37.6 Å². The fourth-order valence-corrected chi connectivity index (χ4v) is 2.65. The molecule has 2 N–H and O–H groups in total. The minimum Gasteiger partial charge on any atom is -0.356 e. The molecular weight excluding hydrogens is 322 g/mol. The normalized spacial score (nSPS) is 22.2. The Hall–Kier alpha value is -0.680. The lowest BCUT2D eigenvalue weighted by Gasteiger charge is -2.11. The third-order valence-corrected chi connectivity index (χ3v) is 4.37. The van der Waals surface area contributed by atoms with Gasteiger partial charge in [0, 0.05) is 35.8 Å². The summed E-state index contributed by atoms with van der Waals surface area (Å²) < 4.78 is 1.14. The van der Waals surface area contributed by atoms with Crippen LogP contribution in [0.1, 0.15) is 17.9 Å². The van der Waals surface area contributed by atoms with Crippen LogP contribution in [0.4, 0.5) is 0 Å². The molecule has 1 aliphatic rings. The Balaban J connectivity index is 1.80. The van der Waals surface area contributed by atoms with Gasteiger partial charge in [-0.2, -0.15) is 11.8 Å². The maximum atomic E-state index is 4.26. The summed E-state index contributed by atoms with van der Waals surface area (Å²) in [4.78, 5) is 4.26. The molecule has 0 radical (unpaired) electrons. The van der Waals surface area contributed by atoms with Gasteiger partial charge in [0.15, 0.2) is 5.96 Å². The average molecular weight is 342 g/mol. The van der Waals surface area contributed by atoms with Gasteiger partial charge in [0.05, 0.1) is 0 Å². The number of hydrogen-bond donors (Lipinski definition) is 2. The maximum Gasteiger partial charge on any atom is 0.191 e. The van der Waals surface area contributed by atoms with Crippen LogP contribution in [0.2, 0.25) is 0 Å². The quantitative estimate of drug-likeness (QED) is 0.491. The molecule has 1 aliphatic carbocycles. The fourth-order valence-electron chi connectivity index (χ4n) is 2.07. The molecule has 0 spiro atoms. The van der Waals surface area contributed by atoms with Crippen LogP contribution in [0.25, 0.3) is 0 Å². The van der Waals surface area contributed by atoms with Crippen LogP contribution < -0.4 is 10.6 Å². The first-order valence-corrected chi connectivity index (χ1v) is 8.65. The summed E-state index contributed by atoms with van der Waals surface area (Å²) in [6.07, 6.45) is 3.30. The summed E-state index contributed by atoms with van der Waals surface area (Å²) in [5, 5.41) is 6.81. The lowest BCUT2D eigenvalue weighted by atomic mass is 10.1. The molecule has 1 aromatic carbocycles. The highest BCUT2D eigenvalue weighted by Gasteiger charge is 2.38. The Labute approximate surface area is 127 Å². The van der Waals surface area contributed by atoms with Gasteiger partial charge in [-0.3, -0.25) is 4.99 Å². The van der Waals surface area contributed by atoms with E-state index >= 15 is 0 Å². The zero-order valence-corrected chi connectivity index (χ0v) is 13.7. The second-order valence-corrected chi connectivity index (χ2v) is 6.54. The van der Waals surface area contributed by atoms with Crippen molar-refractivity contribution in [1.29, 1.82) is 0 Å². The van der Waals surface area contributed by atoms with Crippen molar-refractivity contribution < 1.29 is 0 Å². The highest BCUT2D eigenvalue weighted by molar-refractivity contribution is 9.10. The zero-order valence-electron chi connectivity index (χ0n) is 11.3. The number of aliphatic imine (C=N–C) groups is 1. The number of benzene rings is 1. The predicted octanol–water partition coefficient (Wildman–Crippen LogP) is 2.83. The lowest BCUT2D eigenvalue weighted by molar-refractivity contribution is 0.808. The minimum absolute atomic E-state index is 0.515. The van der Waals surface area contributed by atoms with Crippen molar-refractivity contribution in [1.82, 2.24) is 10.6 Å². The number of rotatable bonds is 5. The van der Waals surface area contributed by atoms with Gasteiger partial charge < -0.3 is 10.6 Å². The lowest BCUT2D eigenvalue weighted by Crippen LogP contribution is -2.40. The van der Waals surface area contributed by atoms with Gasteiger partial charge in [-0.1, -0.05) is 28.1 Å². The van der Waals surface area contributed by atoms with Crippen LogP contribution in [0, 0.1) is 0 Å². The molecule has 0 aliphatic heterocycles. The third kappa shape index (κ3) is 4.42. The maximum absolute atomic E-state index is 4.26. The SMILES string of the molecule is CN=C(NCCSC)NC1CC1c1ccc(Br)cc1. The first kappa shape index (κ1) is 14.7. The largest absolute Gasteiger partial charge is 0.356 e. The molecule has 1 aromatic rings. The number of nitrogens with one attached hydrogen (secondary N) is 2. The molecule has 3 nitrogen and oxygen atoms in total. The van der Waals surface area contributed by atoms with Crippen LogP contribution in [0.5, 0.6) is 0 Å². The Kier molecular flexibility index (Phi) is 5.58. The molecule has 0 aromatic heterocycles. The van der Waals surface area contributed by atoms with Crippen LogP contribution >= 0.6 is 27.7 Å². The van der Waals surface area contributed by atoms with Crippen LogP contribution in [0.15, 0.2) is 33.7 Å². The van der Waals surface area contributed by atoms with Crippen molar-refractivity contribution in [2.24, 2.45) is 4.99 Å². The molecule has 0 heterocycles. The Morgan fingerprint density at radius 3 is 2.79 bits per heavy atom. The standard InChI is InChI=1S/C14H20BrN3S/c1-16-14(17-7-8-19-2)18-13-9-12(13)10-3-5-11(15)6-4-10/h3-6,12-13H,7-9H2,1-2H3,(H2,16,17,18). The van der Waals surface area contributed by atoms with Gasteiger partial charge >= 0.3 is 0 Å². The van der Waals surface area contributed by atoms with E-state index in [0.717, 1.165) is 22.7 Å². The minimum atomic E-state index is 0.515. The van der Waals surface area contributed by atoms with Gasteiger partial charge in [0.2, 0.25) is 0 Å². The van der Waals surface area contributed by atoms with E-state index in [1.807, 2.05) is 18.8 Å². The molecule has 0 bridgehead atoms. The zero-order chi connectivity index (χ0) is 13.7. The summed E-state index contributed by atoms with van der Waals surface area (Å²) in [5.41, 5.74) is 1.40. The number of guanidine groups is 1. The van der Waals surface area contributed by atoms with E-state index in [-0.39, 0.29) is 0 Å². The Morgan fingerprint density at radius 1 is 1.42 bits per heavy atom. The summed E-state index contributed by atoms with van der Waals surface area (Å²) in [7, 11) is 1.82. The fraction of sp³-hybridized carbons (Fsp3) is 0.500. The molecule has 0 amide bonds. The van der Waals surface area contributed by atoms with Crippen molar-refractivity contribution in [2.45, 2.75) is 18.4 Å². The van der Waals surface area contributed by atoms with Gasteiger partial charge in [-0.05, 0) is 30.4 Å². The first-order valence-electron chi connectivity index (χ1n) is 6.46. The number of halogens is 1. The Morgan fingerprint density at radius 2 is 2.16 bits per heavy atom. The second kappa shape index (κ2) is 7.20. The van der Waals surface area contributed by atoms with Crippen molar-refractivity contribution >= 4 is 33.7 Å². The van der Waals surface area contributed by atoms with E-state index in [0.29, 0.717) is 12.0 Å². The number of hydrogen-bond acceptors (Lipinski definition) is 2. The highest BCUT2D eigenvalue weighted by atomic mass is 79.9. The Bertz CT molecular complexity index is 433. The predicted molar refractivity (Wildman–Crippen MR) is 88.2 cm³/mol. The average Bonchev–Trinajstić information content (AvgIpc) is 3.18. The van der Waals surface area contributed by atoms with Crippen molar-refractivity contribution in [2.75, 3.05) is 25.6 Å². The van der Waals surface area contributed by atoms with E-state index in [4.69, 9.17) is 0 Å². The summed E-state index contributed by atoms with van der Waals surface area (Å²) in [6.45, 7) is 0.955. The highest BCUT2D eigenvalue weighted by Crippen LogP contribution is 2.40. The molecule has 2 unspecified atom stereocenters. The molecule has 5 heteroatoms. The van der Waals surface area contributed by atoms with Gasteiger partial charge in [0.25, 0.3) is 0 Å². The van der Waals surface area contributed by atoms with Gasteiger partial charge in [-0.15, -0.1) is 0 Å². The van der Waals surface area contributed by atoms with Gasteiger partial charge in [-0.25, -0.2) is 0 Å². The smallest absolute Gasteiger partial charge is 0.191 e. The molecule has 2 atom stereocenters. The van der Waals surface area contributed by atoms with E-state index in [2.05, 4.69) is 62.1 Å². The molecule has 1 saturated carbocycles. The van der Waals surface area contributed by atoms with Crippen LogP contribution in [0.3, 0.4) is 0 Å².